The first kappa shape index (κ1) is 13.3. The second kappa shape index (κ2) is 5.65. The van der Waals surface area contributed by atoms with Crippen LogP contribution in [-0.2, 0) is 4.79 Å². The number of nitrogens with one attached hydrogen (secondary N) is 1. The summed E-state index contributed by atoms with van der Waals surface area (Å²) in [6, 6.07) is 1.85. The van der Waals surface area contributed by atoms with Crippen molar-refractivity contribution in [1.29, 1.82) is 0 Å². The minimum atomic E-state index is -0.182. The standard InChI is InChI=1S/C14H17N3O2/c1-4-9(2)5-11(15-3)10-6-12-14(16-7-10)17-13(18)8-19-12/h5-7H,4,8H2,1-3H3,(H,16,17,18)/b9-5-,15-11?. The van der Waals surface area contributed by atoms with E-state index in [0.29, 0.717) is 11.6 Å². The van der Waals surface area contributed by atoms with Gasteiger partial charge in [-0.05, 0) is 25.5 Å². The molecule has 1 aromatic rings. The summed E-state index contributed by atoms with van der Waals surface area (Å²) in [4.78, 5) is 19.6. The Morgan fingerprint density at radius 1 is 1.63 bits per heavy atom. The fraction of sp³-hybridized carbons (Fsp3) is 0.357. The molecule has 0 aliphatic carbocycles. The summed E-state index contributed by atoms with van der Waals surface area (Å²) in [5.74, 6) is 0.867. The van der Waals surface area contributed by atoms with E-state index in [1.807, 2.05) is 12.1 Å². The Labute approximate surface area is 112 Å². The summed E-state index contributed by atoms with van der Waals surface area (Å²) in [6.45, 7) is 4.19. The Hall–Kier alpha value is -2.17. The summed E-state index contributed by atoms with van der Waals surface area (Å²) >= 11 is 0. The molecule has 5 nitrogen and oxygen atoms in total. The van der Waals surface area contributed by atoms with Crippen LogP contribution in [0.3, 0.4) is 0 Å². The van der Waals surface area contributed by atoms with Crippen LogP contribution in [0.5, 0.6) is 5.75 Å². The van der Waals surface area contributed by atoms with Crippen molar-refractivity contribution in [3.8, 4) is 5.75 Å². The lowest BCUT2D eigenvalue weighted by Gasteiger charge is -2.17. The molecule has 5 heteroatoms. The van der Waals surface area contributed by atoms with Gasteiger partial charge in [0.1, 0.15) is 0 Å². The minimum Gasteiger partial charge on any atom is -0.480 e. The lowest BCUT2D eigenvalue weighted by atomic mass is 10.1. The number of carbonyl (C=O) groups excluding carboxylic acids is 1. The van der Waals surface area contributed by atoms with E-state index in [0.717, 1.165) is 17.7 Å². The van der Waals surface area contributed by atoms with Crippen molar-refractivity contribution in [3.63, 3.8) is 0 Å². The molecule has 2 rings (SSSR count). The van der Waals surface area contributed by atoms with Crippen molar-refractivity contribution in [3.05, 3.63) is 29.5 Å². The van der Waals surface area contributed by atoms with Crippen LogP contribution in [0.15, 0.2) is 28.9 Å². The molecule has 1 aliphatic rings. The van der Waals surface area contributed by atoms with E-state index in [2.05, 4.69) is 29.1 Å². The first-order chi connectivity index (χ1) is 9.13. The summed E-state index contributed by atoms with van der Waals surface area (Å²) in [5, 5.41) is 2.67. The van der Waals surface area contributed by atoms with E-state index in [-0.39, 0.29) is 12.5 Å². The van der Waals surface area contributed by atoms with Crippen LogP contribution < -0.4 is 10.1 Å². The molecule has 1 amide bonds. The number of carbonyl (C=O) groups is 1. The van der Waals surface area contributed by atoms with Crippen molar-refractivity contribution in [2.45, 2.75) is 20.3 Å². The van der Waals surface area contributed by atoms with Crippen LogP contribution in [0, 0.1) is 0 Å². The number of hydrogen-bond donors (Lipinski definition) is 1. The normalized spacial score (nSPS) is 15.6. The number of aromatic nitrogens is 1. The fourth-order valence-corrected chi connectivity index (χ4v) is 1.71. The lowest BCUT2D eigenvalue weighted by molar-refractivity contribution is -0.118. The quantitative estimate of drug-likeness (QED) is 0.846. The van der Waals surface area contributed by atoms with Crippen LogP contribution in [0.4, 0.5) is 5.82 Å². The molecule has 0 spiro atoms. The summed E-state index contributed by atoms with van der Waals surface area (Å²) < 4.78 is 5.35. The summed E-state index contributed by atoms with van der Waals surface area (Å²) in [7, 11) is 1.75. The molecule has 0 saturated heterocycles. The molecule has 1 aromatic heterocycles. The van der Waals surface area contributed by atoms with E-state index in [1.54, 1.807) is 13.2 Å². The van der Waals surface area contributed by atoms with E-state index in [1.165, 1.54) is 5.57 Å². The van der Waals surface area contributed by atoms with Crippen LogP contribution in [-0.4, -0.2) is 30.3 Å². The summed E-state index contributed by atoms with van der Waals surface area (Å²) in [5.41, 5.74) is 2.98. The molecule has 0 unspecified atom stereocenters. The zero-order chi connectivity index (χ0) is 13.8. The molecular weight excluding hydrogens is 242 g/mol. The van der Waals surface area contributed by atoms with Gasteiger partial charge in [0.05, 0.1) is 5.71 Å². The third kappa shape index (κ3) is 2.99. The predicted octanol–water partition coefficient (Wildman–Crippen LogP) is 2.19. The van der Waals surface area contributed by atoms with Crippen LogP contribution >= 0.6 is 0 Å². The third-order valence-corrected chi connectivity index (χ3v) is 2.95. The molecule has 0 saturated carbocycles. The first-order valence-electron chi connectivity index (χ1n) is 6.21. The largest absolute Gasteiger partial charge is 0.480 e. The van der Waals surface area contributed by atoms with Gasteiger partial charge in [-0.2, -0.15) is 0 Å². The number of pyridine rings is 1. The average Bonchev–Trinajstić information content (AvgIpc) is 2.43. The number of fused-ring (bicyclic) bond motifs is 1. The molecule has 1 N–H and O–H groups in total. The van der Waals surface area contributed by atoms with Gasteiger partial charge in [-0.15, -0.1) is 0 Å². The van der Waals surface area contributed by atoms with Crippen LogP contribution in [0.1, 0.15) is 25.8 Å². The second-order valence-corrected chi connectivity index (χ2v) is 4.36. The smallest absolute Gasteiger partial charge is 0.263 e. The number of aliphatic imine (C=N–C) groups is 1. The zero-order valence-electron chi connectivity index (χ0n) is 11.4. The van der Waals surface area contributed by atoms with E-state index < -0.39 is 0 Å². The van der Waals surface area contributed by atoms with Gasteiger partial charge in [0, 0.05) is 18.8 Å². The van der Waals surface area contributed by atoms with Crippen molar-refractivity contribution in [2.75, 3.05) is 19.0 Å². The van der Waals surface area contributed by atoms with Crippen LogP contribution in [0.2, 0.25) is 0 Å². The second-order valence-electron chi connectivity index (χ2n) is 4.36. The SMILES string of the molecule is CC/C(C)=C\C(=NC)c1cnc2c(c1)OCC(=O)N2. The van der Waals surface area contributed by atoms with Gasteiger partial charge in [0.15, 0.2) is 18.2 Å². The Bertz CT molecular complexity index is 562. The molecule has 1 aliphatic heterocycles. The van der Waals surface area contributed by atoms with Gasteiger partial charge in [-0.1, -0.05) is 12.5 Å². The number of anilines is 1. The van der Waals surface area contributed by atoms with E-state index >= 15 is 0 Å². The molecule has 19 heavy (non-hydrogen) atoms. The number of amides is 1. The van der Waals surface area contributed by atoms with Gasteiger partial charge in [0.25, 0.3) is 5.91 Å². The maximum Gasteiger partial charge on any atom is 0.263 e. The topological polar surface area (TPSA) is 63.6 Å². The first-order valence-corrected chi connectivity index (χ1v) is 6.21. The highest BCUT2D eigenvalue weighted by atomic mass is 16.5. The van der Waals surface area contributed by atoms with Gasteiger partial charge in [0.2, 0.25) is 0 Å². The minimum absolute atomic E-state index is 0.0283. The number of nitrogens with zero attached hydrogens (tertiary/aromatic N) is 2. The summed E-state index contributed by atoms with van der Waals surface area (Å²) in [6.07, 6.45) is 4.70. The predicted molar refractivity (Wildman–Crippen MR) is 74.9 cm³/mol. The molecular formula is C14H17N3O2. The van der Waals surface area contributed by atoms with Crippen molar-refractivity contribution in [1.82, 2.24) is 4.98 Å². The third-order valence-electron chi connectivity index (χ3n) is 2.95. The van der Waals surface area contributed by atoms with Gasteiger partial charge in [-0.25, -0.2) is 4.98 Å². The Morgan fingerprint density at radius 3 is 3.11 bits per heavy atom. The highest BCUT2D eigenvalue weighted by Gasteiger charge is 2.18. The van der Waals surface area contributed by atoms with Gasteiger partial charge >= 0.3 is 0 Å². The molecule has 0 atom stereocenters. The lowest BCUT2D eigenvalue weighted by Crippen LogP contribution is -2.26. The number of allylic oxidation sites excluding steroid dienone is 2. The maximum atomic E-state index is 11.2. The highest BCUT2D eigenvalue weighted by molar-refractivity contribution is 6.09. The molecule has 100 valence electrons. The Kier molecular flexibility index (Phi) is 3.94. The fourth-order valence-electron chi connectivity index (χ4n) is 1.71. The molecule has 0 aromatic carbocycles. The zero-order valence-corrected chi connectivity index (χ0v) is 11.4. The van der Waals surface area contributed by atoms with Gasteiger partial charge in [-0.3, -0.25) is 9.79 Å². The number of rotatable bonds is 3. The van der Waals surface area contributed by atoms with Crippen molar-refractivity contribution in [2.24, 2.45) is 4.99 Å². The van der Waals surface area contributed by atoms with Crippen LogP contribution in [0.25, 0.3) is 0 Å². The van der Waals surface area contributed by atoms with E-state index in [9.17, 15) is 4.79 Å². The molecule has 0 fully saturated rings. The van der Waals surface area contributed by atoms with E-state index in [4.69, 9.17) is 4.74 Å². The highest BCUT2D eigenvalue weighted by Crippen LogP contribution is 2.26. The maximum absolute atomic E-state index is 11.2. The molecule has 0 radical (unpaired) electrons. The van der Waals surface area contributed by atoms with Crippen molar-refractivity contribution >= 4 is 17.4 Å². The molecule has 2 heterocycles. The number of ether oxygens (including phenoxy) is 1. The van der Waals surface area contributed by atoms with Crippen molar-refractivity contribution < 1.29 is 9.53 Å². The Balaban J connectivity index is 2.34. The Morgan fingerprint density at radius 2 is 2.42 bits per heavy atom. The monoisotopic (exact) mass is 259 g/mol. The number of hydrogen-bond acceptors (Lipinski definition) is 4. The van der Waals surface area contributed by atoms with Gasteiger partial charge < -0.3 is 10.1 Å². The molecule has 0 bridgehead atoms. The average molecular weight is 259 g/mol.